The zero-order chi connectivity index (χ0) is 11.7. The SMILES string of the molecule is CCOC(=O)C1=C2SC(C)C(=O)N2CCS1. The number of rotatable bonds is 2. The van der Waals surface area contributed by atoms with E-state index in [1.165, 1.54) is 23.5 Å². The first-order valence-corrected chi connectivity index (χ1v) is 7.04. The van der Waals surface area contributed by atoms with Gasteiger partial charge in [0.25, 0.3) is 0 Å². The molecule has 1 fully saturated rings. The van der Waals surface area contributed by atoms with Crippen LogP contribution in [0.4, 0.5) is 0 Å². The van der Waals surface area contributed by atoms with Crippen molar-refractivity contribution in [2.24, 2.45) is 0 Å². The molecule has 0 aromatic heterocycles. The number of nitrogens with zero attached hydrogens (tertiary/aromatic N) is 1. The van der Waals surface area contributed by atoms with Crippen LogP contribution in [0.25, 0.3) is 0 Å². The van der Waals surface area contributed by atoms with Crippen LogP contribution in [0.15, 0.2) is 9.93 Å². The fourth-order valence-corrected chi connectivity index (χ4v) is 3.90. The summed E-state index contributed by atoms with van der Waals surface area (Å²) in [6.07, 6.45) is 0. The first-order chi connectivity index (χ1) is 7.65. The van der Waals surface area contributed by atoms with Crippen LogP contribution in [0.2, 0.25) is 0 Å². The zero-order valence-electron chi connectivity index (χ0n) is 9.19. The van der Waals surface area contributed by atoms with Gasteiger partial charge < -0.3 is 9.64 Å². The van der Waals surface area contributed by atoms with Crippen molar-refractivity contribution in [3.63, 3.8) is 0 Å². The maximum Gasteiger partial charge on any atom is 0.347 e. The van der Waals surface area contributed by atoms with E-state index in [0.717, 1.165) is 10.8 Å². The molecule has 16 heavy (non-hydrogen) atoms. The Labute approximate surface area is 103 Å². The molecule has 0 aromatic carbocycles. The van der Waals surface area contributed by atoms with Crippen LogP contribution in [0.3, 0.4) is 0 Å². The second kappa shape index (κ2) is 4.71. The molecule has 0 spiro atoms. The summed E-state index contributed by atoms with van der Waals surface area (Å²) in [6.45, 7) is 4.71. The van der Waals surface area contributed by atoms with E-state index in [4.69, 9.17) is 4.74 Å². The summed E-state index contributed by atoms with van der Waals surface area (Å²) in [5.41, 5.74) is 0. The second-order valence-electron chi connectivity index (χ2n) is 3.45. The van der Waals surface area contributed by atoms with Gasteiger partial charge >= 0.3 is 5.97 Å². The highest BCUT2D eigenvalue weighted by Crippen LogP contribution is 2.43. The lowest BCUT2D eigenvalue weighted by molar-refractivity contribution is -0.137. The maximum absolute atomic E-state index is 11.8. The molecule has 0 aliphatic carbocycles. The van der Waals surface area contributed by atoms with E-state index in [2.05, 4.69) is 0 Å². The Balaban J connectivity index is 2.29. The molecule has 2 aliphatic heterocycles. The number of fused-ring (bicyclic) bond motifs is 1. The minimum absolute atomic E-state index is 0.0851. The average molecular weight is 259 g/mol. The Morgan fingerprint density at radius 1 is 1.62 bits per heavy atom. The monoisotopic (exact) mass is 259 g/mol. The van der Waals surface area contributed by atoms with E-state index in [1.807, 2.05) is 6.92 Å². The summed E-state index contributed by atoms with van der Waals surface area (Å²) in [6, 6.07) is 0. The lowest BCUT2D eigenvalue weighted by atomic mass is 10.4. The first-order valence-electron chi connectivity index (χ1n) is 5.17. The summed E-state index contributed by atoms with van der Waals surface area (Å²) < 4.78 is 4.99. The number of esters is 1. The molecule has 1 unspecified atom stereocenters. The number of carbonyl (C=O) groups excluding carboxylic acids is 2. The predicted octanol–water partition coefficient (Wildman–Crippen LogP) is 1.43. The van der Waals surface area contributed by atoms with Crippen molar-refractivity contribution in [2.45, 2.75) is 19.1 Å². The molecule has 0 saturated carbocycles. The largest absolute Gasteiger partial charge is 0.462 e. The van der Waals surface area contributed by atoms with E-state index in [1.54, 1.807) is 11.8 Å². The van der Waals surface area contributed by atoms with Crippen molar-refractivity contribution in [1.29, 1.82) is 0 Å². The Kier molecular flexibility index (Phi) is 3.49. The Hall–Kier alpha value is -0.620. The normalized spacial score (nSPS) is 24.8. The number of hydrogen-bond donors (Lipinski definition) is 0. The Morgan fingerprint density at radius 3 is 3.06 bits per heavy atom. The van der Waals surface area contributed by atoms with Crippen molar-refractivity contribution < 1.29 is 14.3 Å². The smallest absolute Gasteiger partial charge is 0.347 e. The highest BCUT2D eigenvalue weighted by molar-refractivity contribution is 8.08. The van der Waals surface area contributed by atoms with Gasteiger partial charge in [0.1, 0.15) is 4.91 Å². The van der Waals surface area contributed by atoms with Crippen molar-refractivity contribution in [3.05, 3.63) is 9.93 Å². The molecular weight excluding hydrogens is 246 g/mol. The fraction of sp³-hybridized carbons (Fsp3) is 0.600. The van der Waals surface area contributed by atoms with Gasteiger partial charge in [-0.1, -0.05) is 11.8 Å². The van der Waals surface area contributed by atoms with E-state index >= 15 is 0 Å². The summed E-state index contributed by atoms with van der Waals surface area (Å²) in [4.78, 5) is 25.8. The van der Waals surface area contributed by atoms with Crippen LogP contribution in [0.5, 0.6) is 0 Å². The third kappa shape index (κ3) is 1.96. The van der Waals surface area contributed by atoms with E-state index in [0.29, 0.717) is 18.1 Å². The highest BCUT2D eigenvalue weighted by Gasteiger charge is 2.39. The van der Waals surface area contributed by atoms with Crippen LogP contribution in [-0.4, -0.2) is 40.9 Å². The maximum atomic E-state index is 11.8. The van der Waals surface area contributed by atoms with Crippen LogP contribution in [-0.2, 0) is 14.3 Å². The number of thioether (sulfide) groups is 2. The van der Waals surface area contributed by atoms with Gasteiger partial charge in [0, 0.05) is 12.3 Å². The van der Waals surface area contributed by atoms with Gasteiger partial charge in [-0.2, -0.15) is 0 Å². The molecule has 4 nitrogen and oxygen atoms in total. The molecule has 1 atom stereocenters. The third-order valence-electron chi connectivity index (χ3n) is 2.36. The number of carbonyl (C=O) groups is 2. The van der Waals surface area contributed by atoms with Crippen molar-refractivity contribution >= 4 is 35.4 Å². The van der Waals surface area contributed by atoms with Gasteiger partial charge in [0.15, 0.2) is 0 Å². The summed E-state index contributed by atoms with van der Waals surface area (Å²) >= 11 is 2.94. The summed E-state index contributed by atoms with van der Waals surface area (Å²) in [7, 11) is 0. The Morgan fingerprint density at radius 2 is 2.38 bits per heavy atom. The molecule has 0 N–H and O–H groups in total. The number of hydrogen-bond acceptors (Lipinski definition) is 5. The molecule has 88 valence electrons. The summed E-state index contributed by atoms with van der Waals surface area (Å²) in [5.74, 6) is 0.556. The van der Waals surface area contributed by atoms with Gasteiger partial charge in [0.05, 0.1) is 16.9 Å². The van der Waals surface area contributed by atoms with Crippen molar-refractivity contribution in [3.8, 4) is 0 Å². The van der Waals surface area contributed by atoms with E-state index in [9.17, 15) is 9.59 Å². The van der Waals surface area contributed by atoms with Gasteiger partial charge in [-0.25, -0.2) is 4.79 Å². The van der Waals surface area contributed by atoms with Gasteiger partial charge in [-0.15, -0.1) is 11.8 Å². The molecule has 0 aromatic rings. The lowest BCUT2D eigenvalue weighted by Crippen LogP contribution is -2.33. The van der Waals surface area contributed by atoms with Gasteiger partial charge in [-0.3, -0.25) is 4.79 Å². The quantitative estimate of drug-likeness (QED) is 0.702. The third-order valence-corrected chi connectivity index (χ3v) is 4.73. The van der Waals surface area contributed by atoms with Crippen LogP contribution >= 0.6 is 23.5 Å². The van der Waals surface area contributed by atoms with Crippen LogP contribution in [0, 0.1) is 0 Å². The number of amides is 1. The first kappa shape index (κ1) is 11.9. The van der Waals surface area contributed by atoms with Crippen LogP contribution < -0.4 is 0 Å². The van der Waals surface area contributed by atoms with Crippen LogP contribution in [0.1, 0.15) is 13.8 Å². The highest BCUT2D eigenvalue weighted by atomic mass is 32.2. The molecule has 2 heterocycles. The second-order valence-corrected chi connectivity index (χ2v) is 5.89. The standard InChI is InChI=1S/C10H13NO3S2/c1-3-14-10(13)7-9-11(4-5-15-7)8(12)6(2)16-9/h6H,3-5H2,1-2H3. The molecule has 0 radical (unpaired) electrons. The fourth-order valence-electron chi connectivity index (χ4n) is 1.63. The van der Waals surface area contributed by atoms with Crippen molar-refractivity contribution in [2.75, 3.05) is 18.9 Å². The van der Waals surface area contributed by atoms with E-state index in [-0.39, 0.29) is 17.1 Å². The Bertz CT molecular complexity index is 367. The average Bonchev–Trinajstić information content (AvgIpc) is 2.55. The molecule has 1 amide bonds. The minimum Gasteiger partial charge on any atom is -0.462 e. The zero-order valence-corrected chi connectivity index (χ0v) is 10.8. The van der Waals surface area contributed by atoms with Gasteiger partial charge in [-0.05, 0) is 13.8 Å². The topological polar surface area (TPSA) is 46.6 Å². The minimum atomic E-state index is -0.304. The van der Waals surface area contributed by atoms with Gasteiger partial charge in [0.2, 0.25) is 5.91 Å². The van der Waals surface area contributed by atoms with Crippen molar-refractivity contribution in [1.82, 2.24) is 4.90 Å². The molecule has 2 rings (SSSR count). The molecule has 0 bridgehead atoms. The number of ether oxygens (including phenoxy) is 1. The predicted molar refractivity (Wildman–Crippen MR) is 64.9 cm³/mol. The molecule has 6 heteroatoms. The molecule has 1 saturated heterocycles. The summed E-state index contributed by atoms with van der Waals surface area (Å²) in [5, 5.41) is 0.699. The molecular formula is C10H13NO3S2. The van der Waals surface area contributed by atoms with E-state index < -0.39 is 0 Å². The molecule has 2 aliphatic rings. The lowest BCUT2D eigenvalue weighted by Gasteiger charge is -2.24.